The second kappa shape index (κ2) is 6.17. The van der Waals surface area contributed by atoms with Crippen molar-refractivity contribution in [3.63, 3.8) is 0 Å². The second-order valence-corrected chi connectivity index (χ2v) is 5.87. The number of urea groups is 1. The van der Waals surface area contributed by atoms with Crippen LogP contribution in [0.5, 0.6) is 0 Å². The van der Waals surface area contributed by atoms with Crippen LogP contribution in [0.2, 0.25) is 0 Å². The summed E-state index contributed by atoms with van der Waals surface area (Å²) in [5.74, 6) is 1.93. The van der Waals surface area contributed by atoms with Gasteiger partial charge in [0.15, 0.2) is 0 Å². The average molecular weight is 278 g/mol. The molecule has 1 saturated carbocycles. The summed E-state index contributed by atoms with van der Waals surface area (Å²) in [6.07, 6.45) is 10.4. The summed E-state index contributed by atoms with van der Waals surface area (Å²) in [6, 6.07) is -1.04. The summed E-state index contributed by atoms with van der Waals surface area (Å²) in [5, 5.41) is 12.2. The minimum atomic E-state index is -0.904. The molecule has 0 aromatic heterocycles. The molecule has 110 valence electrons. The zero-order valence-electron chi connectivity index (χ0n) is 11.8. The minimum Gasteiger partial charge on any atom is -0.480 e. The number of likely N-dealkylation sites (tertiary alicyclic amines) is 1. The minimum absolute atomic E-state index is 0.0721. The molecule has 4 atom stereocenters. The van der Waals surface area contributed by atoms with Gasteiger partial charge in [-0.15, -0.1) is 12.3 Å². The van der Waals surface area contributed by atoms with Gasteiger partial charge in [-0.3, -0.25) is 0 Å². The molecule has 0 radical (unpaired) electrons. The number of carboxylic acids is 1. The molecule has 1 saturated heterocycles. The van der Waals surface area contributed by atoms with Crippen LogP contribution in [0.4, 0.5) is 4.79 Å². The molecule has 2 fully saturated rings. The smallest absolute Gasteiger partial charge is 0.326 e. The molecule has 1 aliphatic carbocycles. The Bertz CT molecular complexity index is 429. The van der Waals surface area contributed by atoms with Crippen molar-refractivity contribution < 1.29 is 14.7 Å². The van der Waals surface area contributed by atoms with Gasteiger partial charge >= 0.3 is 12.0 Å². The summed E-state index contributed by atoms with van der Waals surface area (Å²) in [4.78, 5) is 25.4. The molecule has 2 aliphatic rings. The highest BCUT2D eigenvalue weighted by Crippen LogP contribution is 2.39. The van der Waals surface area contributed by atoms with Gasteiger partial charge in [0.25, 0.3) is 0 Å². The number of nitrogens with zero attached hydrogens (tertiary/aromatic N) is 1. The first-order valence-electron chi connectivity index (χ1n) is 7.29. The highest BCUT2D eigenvalue weighted by Gasteiger charge is 2.47. The lowest BCUT2D eigenvalue weighted by molar-refractivity contribution is -0.141. The molecule has 2 rings (SSSR count). The number of hydrogen-bond donors (Lipinski definition) is 2. The van der Waals surface area contributed by atoms with Crippen LogP contribution in [-0.2, 0) is 4.79 Å². The Morgan fingerprint density at radius 2 is 2.15 bits per heavy atom. The van der Waals surface area contributed by atoms with Crippen molar-refractivity contribution in [3.8, 4) is 12.3 Å². The van der Waals surface area contributed by atoms with Gasteiger partial charge in [-0.25, -0.2) is 9.59 Å². The van der Waals surface area contributed by atoms with E-state index in [0.717, 1.165) is 25.7 Å². The monoisotopic (exact) mass is 278 g/mol. The van der Waals surface area contributed by atoms with Gasteiger partial charge in [-0.2, -0.15) is 0 Å². The molecule has 0 aromatic rings. The Labute approximate surface area is 119 Å². The highest BCUT2D eigenvalue weighted by molar-refractivity contribution is 5.84. The van der Waals surface area contributed by atoms with Crippen molar-refractivity contribution in [1.82, 2.24) is 10.2 Å². The number of carboxylic acid groups (broad SMARTS) is 1. The largest absolute Gasteiger partial charge is 0.480 e. The summed E-state index contributed by atoms with van der Waals surface area (Å²) in [5.41, 5.74) is 0. The lowest BCUT2D eigenvalue weighted by Crippen LogP contribution is -2.52. The molecule has 0 aromatic carbocycles. The third-order valence-electron chi connectivity index (χ3n) is 4.40. The zero-order valence-corrected chi connectivity index (χ0v) is 11.8. The topological polar surface area (TPSA) is 69.6 Å². The van der Waals surface area contributed by atoms with Crippen LogP contribution in [0, 0.1) is 18.3 Å². The standard InChI is InChI=1S/C15H22N2O3/c1-3-6-10(2)16-15(20)17-12-8-5-4-7-11(12)9-13(17)14(18)19/h1,10-13H,4-9H2,2H3,(H,16,20)(H,18,19). The van der Waals surface area contributed by atoms with Crippen LogP contribution in [-0.4, -0.2) is 40.1 Å². The average Bonchev–Trinajstić information content (AvgIpc) is 2.78. The molecular weight excluding hydrogens is 256 g/mol. The van der Waals surface area contributed by atoms with E-state index in [-0.39, 0.29) is 18.1 Å². The van der Waals surface area contributed by atoms with E-state index in [1.54, 1.807) is 4.90 Å². The maximum absolute atomic E-state index is 12.4. The van der Waals surface area contributed by atoms with E-state index in [1.807, 2.05) is 6.92 Å². The predicted octanol–water partition coefficient (Wildman–Crippen LogP) is 1.83. The van der Waals surface area contributed by atoms with E-state index < -0.39 is 12.0 Å². The lowest BCUT2D eigenvalue weighted by atomic mass is 9.85. The van der Waals surface area contributed by atoms with Crippen LogP contribution in [0.1, 0.15) is 45.4 Å². The maximum atomic E-state index is 12.4. The van der Waals surface area contributed by atoms with E-state index >= 15 is 0 Å². The predicted molar refractivity (Wildman–Crippen MR) is 75.1 cm³/mol. The van der Waals surface area contributed by atoms with Gasteiger partial charge in [0.05, 0.1) is 0 Å². The first kappa shape index (κ1) is 14.7. The fourth-order valence-corrected chi connectivity index (χ4v) is 3.49. The first-order valence-corrected chi connectivity index (χ1v) is 7.29. The van der Waals surface area contributed by atoms with E-state index in [2.05, 4.69) is 11.2 Å². The summed E-state index contributed by atoms with van der Waals surface area (Å²) >= 11 is 0. The van der Waals surface area contributed by atoms with E-state index in [4.69, 9.17) is 6.42 Å². The molecule has 5 heteroatoms. The molecule has 5 nitrogen and oxygen atoms in total. The normalized spacial score (nSPS) is 30.2. The number of hydrogen-bond acceptors (Lipinski definition) is 2. The Kier molecular flexibility index (Phi) is 4.53. The molecule has 0 bridgehead atoms. The number of aliphatic carboxylic acids is 1. The Morgan fingerprint density at radius 3 is 2.80 bits per heavy atom. The van der Waals surface area contributed by atoms with Crippen molar-refractivity contribution in [2.24, 2.45) is 5.92 Å². The number of amides is 2. The third-order valence-corrected chi connectivity index (χ3v) is 4.40. The second-order valence-electron chi connectivity index (χ2n) is 5.87. The highest BCUT2D eigenvalue weighted by atomic mass is 16.4. The quantitative estimate of drug-likeness (QED) is 0.774. The maximum Gasteiger partial charge on any atom is 0.326 e. The number of rotatable bonds is 3. The summed E-state index contributed by atoms with van der Waals surface area (Å²) < 4.78 is 0. The number of fused-ring (bicyclic) bond motifs is 1. The van der Waals surface area contributed by atoms with E-state index in [9.17, 15) is 14.7 Å². The van der Waals surface area contributed by atoms with Crippen molar-refractivity contribution in [2.45, 2.75) is 63.6 Å². The molecule has 20 heavy (non-hydrogen) atoms. The number of terminal acetylenes is 1. The van der Waals surface area contributed by atoms with Gasteiger partial charge in [-0.1, -0.05) is 12.8 Å². The van der Waals surface area contributed by atoms with Gasteiger partial charge in [0, 0.05) is 18.5 Å². The van der Waals surface area contributed by atoms with E-state index in [0.29, 0.717) is 18.8 Å². The Hall–Kier alpha value is -1.70. The van der Waals surface area contributed by atoms with Crippen molar-refractivity contribution in [1.29, 1.82) is 0 Å². The van der Waals surface area contributed by atoms with Gasteiger partial charge in [0.2, 0.25) is 0 Å². The van der Waals surface area contributed by atoms with Gasteiger partial charge < -0.3 is 15.3 Å². The molecule has 2 amide bonds. The van der Waals surface area contributed by atoms with Gasteiger partial charge in [-0.05, 0) is 32.1 Å². The molecule has 4 unspecified atom stereocenters. The van der Waals surface area contributed by atoms with Crippen molar-refractivity contribution >= 4 is 12.0 Å². The number of nitrogens with one attached hydrogen (secondary N) is 1. The van der Waals surface area contributed by atoms with E-state index in [1.165, 1.54) is 0 Å². The third kappa shape index (κ3) is 2.90. The first-order chi connectivity index (χ1) is 9.54. The van der Waals surface area contributed by atoms with Crippen LogP contribution in [0.25, 0.3) is 0 Å². The van der Waals surface area contributed by atoms with Crippen LogP contribution in [0.3, 0.4) is 0 Å². The molecule has 2 N–H and O–H groups in total. The van der Waals surface area contributed by atoms with Crippen LogP contribution in [0.15, 0.2) is 0 Å². The van der Waals surface area contributed by atoms with Crippen LogP contribution < -0.4 is 5.32 Å². The molecule has 1 aliphatic heterocycles. The number of carbonyl (C=O) groups is 2. The lowest BCUT2D eigenvalue weighted by Gasteiger charge is -2.33. The Balaban J connectivity index is 2.10. The van der Waals surface area contributed by atoms with Crippen LogP contribution >= 0.6 is 0 Å². The molecule has 1 heterocycles. The van der Waals surface area contributed by atoms with Crippen molar-refractivity contribution in [2.75, 3.05) is 0 Å². The SMILES string of the molecule is C#CCC(C)NC(=O)N1C(C(=O)O)CC2CCCCC21. The zero-order chi connectivity index (χ0) is 14.7. The van der Waals surface area contributed by atoms with Gasteiger partial charge in [0.1, 0.15) is 6.04 Å². The summed E-state index contributed by atoms with van der Waals surface area (Å²) in [7, 11) is 0. The fraction of sp³-hybridized carbons (Fsp3) is 0.733. The summed E-state index contributed by atoms with van der Waals surface area (Å²) in [6.45, 7) is 1.84. The number of carbonyl (C=O) groups excluding carboxylic acids is 1. The molecular formula is C15H22N2O3. The molecule has 0 spiro atoms. The Morgan fingerprint density at radius 1 is 1.45 bits per heavy atom. The van der Waals surface area contributed by atoms with Crippen molar-refractivity contribution in [3.05, 3.63) is 0 Å². The fourth-order valence-electron chi connectivity index (χ4n) is 3.49.